The highest BCUT2D eigenvalue weighted by Gasteiger charge is 2.35. The molecule has 1 aromatic carbocycles. The smallest absolute Gasteiger partial charge is 0.214 e. The standard InChI is InChI=1S/C18H23ClN2O4S/c1-20(2)26(23,24)12-13-9-21(11-17(13)22)10-14-7-8-18(25-14)15-5-3-4-6-16(15)19/h3-8,13,17,22H,9-12H2,1-2H3/t13-,17+/m0/s1. The first kappa shape index (κ1) is 19.4. The van der Waals surface area contributed by atoms with Gasteiger partial charge in [-0.25, -0.2) is 12.7 Å². The Morgan fingerprint density at radius 2 is 1.96 bits per heavy atom. The minimum absolute atomic E-state index is 0.0549. The molecule has 0 aliphatic carbocycles. The number of rotatable bonds is 6. The number of likely N-dealkylation sites (tertiary alicyclic amines) is 1. The van der Waals surface area contributed by atoms with E-state index in [0.717, 1.165) is 11.3 Å². The fourth-order valence-corrected chi connectivity index (χ4v) is 4.54. The molecule has 0 spiro atoms. The van der Waals surface area contributed by atoms with Crippen molar-refractivity contribution in [1.29, 1.82) is 0 Å². The molecule has 2 atom stereocenters. The van der Waals surface area contributed by atoms with E-state index in [-0.39, 0.29) is 11.7 Å². The molecule has 142 valence electrons. The highest BCUT2D eigenvalue weighted by molar-refractivity contribution is 7.89. The summed E-state index contributed by atoms with van der Waals surface area (Å²) in [5, 5.41) is 10.9. The van der Waals surface area contributed by atoms with Gasteiger partial charge in [-0.3, -0.25) is 4.90 Å². The Balaban J connectivity index is 1.65. The van der Waals surface area contributed by atoms with Gasteiger partial charge in [0.2, 0.25) is 10.0 Å². The van der Waals surface area contributed by atoms with Crippen molar-refractivity contribution in [3.05, 3.63) is 47.2 Å². The second-order valence-electron chi connectivity index (χ2n) is 6.83. The second-order valence-corrected chi connectivity index (χ2v) is 9.46. The van der Waals surface area contributed by atoms with Crippen LogP contribution in [0.15, 0.2) is 40.8 Å². The van der Waals surface area contributed by atoms with E-state index in [9.17, 15) is 13.5 Å². The SMILES string of the molecule is CN(C)S(=O)(=O)C[C@@H]1CN(Cc2ccc(-c3ccccc3Cl)o2)C[C@H]1O. The zero-order valence-corrected chi connectivity index (χ0v) is 16.4. The van der Waals surface area contributed by atoms with Gasteiger partial charge in [0.25, 0.3) is 0 Å². The lowest BCUT2D eigenvalue weighted by Crippen LogP contribution is -2.33. The fraction of sp³-hybridized carbons (Fsp3) is 0.444. The Labute approximate surface area is 159 Å². The molecule has 26 heavy (non-hydrogen) atoms. The summed E-state index contributed by atoms with van der Waals surface area (Å²) in [5.74, 6) is 1.08. The van der Waals surface area contributed by atoms with Crippen molar-refractivity contribution in [3.8, 4) is 11.3 Å². The zero-order valence-electron chi connectivity index (χ0n) is 14.8. The van der Waals surface area contributed by atoms with E-state index in [1.54, 1.807) is 0 Å². The molecule has 3 rings (SSSR count). The van der Waals surface area contributed by atoms with E-state index in [1.165, 1.54) is 18.4 Å². The zero-order chi connectivity index (χ0) is 18.9. The third kappa shape index (κ3) is 4.29. The van der Waals surface area contributed by atoms with Crippen LogP contribution in [0.5, 0.6) is 0 Å². The first-order valence-electron chi connectivity index (χ1n) is 8.40. The summed E-state index contributed by atoms with van der Waals surface area (Å²) in [6.45, 7) is 1.45. The van der Waals surface area contributed by atoms with E-state index in [1.807, 2.05) is 41.3 Å². The van der Waals surface area contributed by atoms with Crippen LogP contribution in [-0.2, 0) is 16.6 Å². The normalized spacial score (nSPS) is 21.6. The van der Waals surface area contributed by atoms with Crippen LogP contribution < -0.4 is 0 Å². The Bertz CT molecular complexity index is 866. The first-order chi connectivity index (χ1) is 12.3. The van der Waals surface area contributed by atoms with E-state index in [2.05, 4.69) is 0 Å². The van der Waals surface area contributed by atoms with Crippen LogP contribution in [0.4, 0.5) is 0 Å². The number of sulfonamides is 1. The van der Waals surface area contributed by atoms with Crippen molar-refractivity contribution in [2.24, 2.45) is 5.92 Å². The number of furan rings is 1. The number of β-amino-alcohol motifs (C(OH)–C–C–N with tert-alkyl or cyclic N) is 1. The molecular formula is C18H23ClN2O4S. The minimum atomic E-state index is -3.34. The maximum absolute atomic E-state index is 12.1. The van der Waals surface area contributed by atoms with Gasteiger partial charge in [0.1, 0.15) is 11.5 Å². The Morgan fingerprint density at radius 1 is 1.23 bits per heavy atom. The van der Waals surface area contributed by atoms with Gasteiger partial charge < -0.3 is 9.52 Å². The average Bonchev–Trinajstić information content (AvgIpc) is 3.15. The van der Waals surface area contributed by atoms with Crippen LogP contribution in [0.1, 0.15) is 5.76 Å². The second kappa shape index (κ2) is 7.70. The molecule has 6 nitrogen and oxygen atoms in total. The molecule has 0 unspecified atom stereocenters. The number of hydrogen-bond donors (Lipinski definition) is 1. The average molecular weight is 399 g/mol. The van der Waals surface area contributed by atoms with Crippen LogP contribution in [0, 0.1) is 5.92 Å². The Hall–Kier alpha value is -1.38. The maximum atomic E-state index is 12.1. The van der Waals surface area contributed by atoms with E-state index >= 15 is 0 Å². The predicted octanol–water partition coefficient (Wildman–Crippen LogP) is 2.28. The summed E-state index contributed by atoms with van der Waals surface area (Å²) in [6.07, 6.45) is -0.664. The first-order valence-corrected chi connectivity index (χ1v) is 10.4. The molecule has 0 saturated carbocycles. The maximum Gasteiger partial charge on any atom is 0.214 e. The molecule has 1 aliphatic heterocycles. The molecule has 1 aromatic heterocycles. The molecule has 1 aliphatic rings. The van der Waals surface area contributed by atoms with Crippen LogP contribution in [-0.4, -0.2) is 61.8 Å². The molecule has 1 N–H and O–H groups in total. The van der Waals surface area contributed by atoms with Gasteiger partial charge in [-0.15, -0.1) is 0 Å². The number of hydrogen-bond acceptors (Lipinski definition) is 5. The van der Waals surface area contributed by atoms with Crippen molar-refractivity contribution < 1.29 is 17.9 Å². The molecule has 2 heterocycles. The summed E-state index contributed by atoms with van der Waals surface area (Å²) >= 11 is 6.20. The molecule has 0 amide bonds. The summed E-state index contributed by atoms with van der Waals surface area (Å²) < 4.78 is 31.2. The Kier molecular flexibility index (Phi) is 5.74. The van der Waals surface area contributed by atoms with E-state index in [4.69, 9.17) is 16.0 Å². The van der Waals surface area contributed by atoms with Gasteiger partial charge in [0.05, 0.1) is 23.4 Å². The number of aliphatic hydroxyl groups excluding tert-OH is 1. The van der Waals surface area contributed by atoms with Gasteiger partial charge in [0.15, 0.2) is 0 Å². The fourth-order valence-electron chi connectivity index (χ4n) is 3.14. The van der Waals surface area contributed by atoms with Gasteiger partial charge in [-0.1, -0.05) is 23.7 Å². The number of halogens is 1. The van der Waals surface area contributed by atoms with Crippen molar-refractivity contribution >= 4 is 21.6 Å². The summed E-state index contributed by atoms with van der Waals surface area (Å²) in [7, 11) is -0.324. The van der Waals surface area contributed by atoms with Gasteiger partial charge >= 0.3 is 0 Å². The van der Waals surface area contributed by atoms with Crippen molar-refractivity contribution in [2.45, 2.75) is 12.6 Å². The van der Waals surface area contributed by atoms with Crippen molar-refractivity contribution in [2.75, 3.05) is 32.9 Å². The minimum Gasteiger partial charge on any atom is -0.460 e. The molecule has 0 radical (unpaired) electrons. The topological polar surface area (TPSA) is 74.0 Å². The lowest BCUT2D eigenvalue weighted by molar-refractivity contribution is 0.147. The largest absolute Gasteiger partial charge is 0.460 e. The third-order valence-electron chi connectivity index (χ3n) is 4.64. The summed E-state index contributed by atoms with van der Waals surface area (Å²) in [6, 6.07) is 11.2. The highest BCUT2D eigenvalue weighted by atomic mass is 35.5. The molecule has 2 aromatic rings. The van der Waals surface area contributed by atoms with E-state index < -0.39 is 16.1 Å². The predicted molar refractivity (Wildman–Crippen MR) is 101 cm³/mol. The van der Waals surface area contributed by atoms with Crippen LogP contribution in [0.3, 0.4) is 0 Å². The monoisotopic (exact) mass is 398 g/mol. The van der Waals surface area contributed by atoms with Crippen LogP contribution in [0.25, 0.3) is 11.3 Å². The van der Waals surface area contributed by atoms with Gasteiger partial charge in [0, 0.05) is 38.7 Å². The number of benzene rings is 1. The number of aliphatic hydroxyl groups is 1. The highest BCUT2D eigenvalue weighted by Crippen LogP contribution is 2.30. The lowest BCUT2D eigenvalue weighted by Gasteiger charge is -2.17. The van der Waals surface area contributed by atoms with E-state index in [0.29, 0.717) is 30.4 Å². The molecular weight excluding hydrogens is 376 g/mol. The van der Waals surface area contributed by atoms with Crippen molar-refractivity contribution in [3.63, 3.8) is 0 Å². The van der Waals surface area contributed by atoms with Gasteiger partial charge in [-0.2, -0.15) is 0 Å². The molecule has 8 heteroatoms. The molecule has 1 fully saturated rings. The quantitative estimate of drug-likeness (QED) is 0.808. The molecule has 1 saturated heterocycles. The van der Waals surface area contributed by atoms with Crippen molar-refractivity contribution in [1.82, 2.24) is 9.21 Å². The Morgan fingerprint density at radius 3 is 2.65 bits per heavy atom. The molecule has 0 bridgehead atoms. The summed E-state index contributed by atoms with van der Waals surface area (Å²) in [4.78, 5) is 2.01. The number of nitrogens with zero attached hydrogens (tertiary/aromatic N) is 2. The van der Waals surface area contributed by atoms with Crippen LogP contribution in [0.2, 0.25) is 5.02 Å². The van der Waals surface area contributed by atoms with Crippen LogP contribution >= 0.6 is 11.6 Å². The summed E-state index contributed by atoms with van der Waals surface area (Å²) in [5.41, 5.74) is 0.830. The lowest BCUT2D eigenvalue weighted by atomic mass is 10.1. The van der Waals surface area contributed by atoms with Gasteiger partial charge in [-0.05, 0) is 24.3 Å². The third-order valence-corrected chi connectivity index (χ3v) is 6.94.